The molecule has 0 spiro atoms. The Kier molecular flexibility index (Phi) is 3.37. The summed E-state index contributed by atoms with van der Waals surface area (Å²) in [4.78, 5) is 16.2. The van der Waals surface area contributed by atoms with E-state index in [4.69, 9.17) is 0 Å². The van der Waals surface area contributed by atoms with Crippen molar-refractivity contribution in [2.75, 3.05) is 5.32 Å². The first kappa shape index (κ1) is 12.9. The zero-order valence-corrected chi connectivity index (χ0v) is 10.6. The molecule has 0 saturated carbocycles. The molecule has 1 heterocycles. The fourth-order valence-electron chi connectivity index (χ4n) is 1.80. The van der Waals surface area contributed by atoms with Crippen molar-refractivity contribution in [2.45, 2.75) is 13.8 Å². The molecule has 1 amide bonds. The molecule has 19 heavy (non-hydrogen) atoms. The summed E-state index contributed by atoms with van der Waals surface area (Å²) < 4.78 is 0. The largest absolute Gasteiger partial charge is 0.508 e. The van der Waals surface area contributed by atoms with Crippen LogP contribution in [0.1, 0.15) is 21.6 Å². The third-order valence-electron chi connectivity index (χ3n) is 2.57. The number of nitrogens with zero attached hydrogens (tertiary/aromatic N) is 1. The maximum Gasteiger partial charge on any atom is 0.260 e. The molecule has 0 aliphatic heterocycles. The van der Waals surface area contributed by atoms with Crippen molar-refractivity contribution < 1.29 is 15.0 Å². The maximum atomic E-state index is 12.0. The number of hydrogen-bond donors (Lipinski definition) is 3. The van der Waals surface area contributed by atoms with Gasteiger partial charge in [0.1, 0.15) is 17.3 Å². The SMILES string of the molecule is Cc1cc(C)nc(NC(=O)c2ccc(O)cc2O)c1. The second-order valence-corrected chi connectivity index (χ2v) is 4.33. The molecular weight excluding hydrogens is 244 g/mol. The predicted octanol–water partition coefficient (Wildman–Crippen LogP) is 2.36. The van der Waals surface area contributed by atoms with Gasteiger partial charge < -0.3 is 15.5 Å². The molecule has 0 radical (unpaired) electrons. The summed E-state index contributed by atoms with van der Waals surface area (Å²) in [7, 11) is 0. The van der Waals surface area contributed by atoms with Gasteiger partial charge in [-0.2, -0.15) is 0 Å². The van der Waals surface area contributed by atoms with Gasteiger partial charge in [0, 0.05) is 11.8 Å². The molecule has 98 valence electrons. The molecule has 0 aliphatic rings. The quantitative estimate of drug-likeness (QED) is 0.772. The first-order valence-corrected chi connectivity index (χ1v) is 5.74. The van der Waals surface area contributed by atoms with E-state index < -0.39 is 5.91 Å². The van der Waals surface area contributed by atoms with E-state index in [1.54, 1.807) is 6.07 Å². The Bertz CT molecular complexity index is 618. The van der Waals surface area contributed by atoms with Crippen LogP contribution in [0.25, 0.3) is 0 Å². The molecule has 0 aliphatic carbocycles. The molecule has 0 fully saturated rings. The van der Waals surface area contributed by atoms with E-state index in [1.807, 2.05) is 19.9 Å². The molecule has 2 aromatic rings. The van der Waals surface area contributed by atoms with Gasteiger partial charge in [-0.1, -0.05) is 0 Å². The van der Waals surface area contributed by atoms with E-state index in [2.05, 4.69) is 10.3 Å². The normalized spacial score (nSPS) is 10.2. The number of phenolic OH excluding ortho intramolecular Hbond substituents is 2. The standard InChI is InChI=1S/C14H14N2O3/c1-8-5-9(2)15-13(6-8)16-14(19)11-4-3-10(17)7-12(11)18/h3-7,17-18H,1-2H3,(H,15,16,19). The van der Waals surface area contributed by atoms with Crippen LogP contribution in [0, 0.1) is 13.8 Å². The van der Waals surface area contributed by atoms with Crippen LogP contribution in [0.2, 0.25) is 0 Å². The van der Waals surface area contributed by atoms with Crippen LogP contribution >= 0.6 is 0 Å². The fraction of sp³-hybridized carbons (Fsp3) is 0.143. The summed E-state index contributed by atoms with van der Waals surface area (Å²) in [6, 6.07) is 7.44. The van der Waals surface area contributed by atoms with Crippen LogP contribution in [0.3, 0.4) is 0 Å². The first-order chi connectivity index (χ1) is 8.95. The molecule has 0 bridgehead atoms. The van der Waals surface area contributed by atoms with Gasteiger partial charge in [-0.25, -0.2) is 4.98 Å². The van der Waals surface area contributed by atoms with Crippen molar-refractivity contribution in [2.24, 2.45) is 0 Å². The number of rotatable bonds is 2. The molecule has 1 aromatic heterocycles. The van der Waals surface area contributed by atoms with Crippen LogP contribution in [0.15, 0.2) is 30.3 Å². The highest BCUT2D eigenvalue weighted by molar-refractivity contribution is 6.05. The number of pyridine rings is 1. The number of amides is 1. The summed E-state index contributed by atoms with van der Waals surface area (Å²) in [6.07, 6.45) is 0. The Morgan fingerprint density at radius 2 is 1.89 bits per heavy atom. The van der Waals surface area contributed by atoms with Gasteiger partial charge in [0.05, 0.1) is 5.56 Å². The van der Waals surface area contributed by atoms with Gasteiger partial charge >= 0.3 is 0 Å². The van der Waals surface area contributed by atoms with Gasteiger partial charge in [0.2, 0.25) is 0 Å². The van der Waals surface area contributed by atoms with Gasteiger partial charge in [-0.3, -0.25) is 4.79 Å². The molecule has 5 nitrogen and oxygen atoms in total. The van der Waals surface area contributed by atoms with E-state index in [0.29, 0.717) is 5.82 Å². The average molecular weight is 258 g/mol. The summed E-state index contributed by atoms with van der Waals surface area (Å²) in [5, 5.41) is 21.4. The van der Waals surface area contributed by atoms with Gasteiger partial charge in [0.25, 0.3) is 5.91 Å². The minimum atomic E-state index is -0.477. The number of aryl methyl sites for hydroxylation is 2. The summed E-state index contributed by atoms with van der Waals surface area (Å²) in [6.45, 7) is 3.74. The number of aromatic hydroxyl groups is 2. The number of carbonyl (C=O) groups excluding carboxylic acids is 1. The number of hydrogen-bond acceptors (Lipinski definition) is 4. The van der Waals surface area contributed by atoms with Crippen molar-refractivity contribution >= 4 is 11.7 Å². The number of phenols is 2. The number of benzene rings is 1. The predicted molar refractivity (Wildman–Crippen MR) is 71.4 cm³/mol. The van der Waals surface area contributed by atoms with Crippen LogP contribution < -0.4 is 5.32 Å². The fourth-order valence-corrected chi connectivity index (χ4v) is 1.80. The van der Waals surface area contributed by atoms with Crippen LogP contribution in [0.5, 0.6) is 11.5 Å². The molecule has 0 saturated heterocycles. The minimum absolute atomic E-state index is 0.0822. The third-order valence-corrected chi connectivity index (χ3v) is 2.57. The van der Waals surface area contributed by atoms with Crippen LogP contribution in [-0.2, 0) is 0 Å². The van der Waals surface area contributed by atoms with Crippen molar-refractivity contribution in [1.29, 1.82) is 0 Å². The van der Waals surface area contributed by atoms with Crippen molar-refractivity contribution in [3.05, 3.63) is 47.2 Å². The number of nitrogens with one attached hydrogen (secondary N) is 1. The summed E-state index contributed by atoms with van der Waals surface area (Å²) in [5.74, 6) is -0.426. The Hall–Kier alpha value is -2.56. The zero-order chi connectivity index (χ0) is 14.0. The lowest BCUT2D eigenvalue weighted by Gasteiger charge is -2.08. The topological polar surface area (TPSA) is 82.5 Å². The molecule has 3 N–H and O–H groups in total. The van der Waals surface area contributed by atoms with Crippen molar-refractivity contribution in [3.63, 3.8) is 0 Å². The van der Waals surface area contributed by atoms with Gasteiger partial charge in [0.15, 0.2) is 0 Å². The van der Waals surface area contributed by atoms with Crippen molar-refractivity contribution in [1.82, 2.24) is 4.98 Å². The Morgan fingerprint density at radius 1 is 1.16 bits per heavy atom. The summed E-state index contributed by atoms with van der Waals surface area (Å²) >= 11 is 0. The van der Waals surface area contributed by atoms with E-state index >= 15 is 0 Å². The minimum Gasteiger partial charge on any atom is -0.508 e. The zero-order valence-electron chi connectivity index (χ0n) is 10.6. The highest BCUT2D eigenvalue weighted by Gasteiger charge is 2.12. The Balaban J connectivity index is 2.25. The number of anilines is 1. The molecule has 5 heteroatoms. The van der Waals surface area contributed by atoms with E-state index in [0.717, 1.165) is 17.3 Å². The smallest absolute Gasteiger partial charge is 0.260 e. The monoisotopic (exact) mass is 258 g/mol. The molecule has 1 aromatic carbocycles. The first-order valence-electron chi connectivity index (χ1n) is 5.74. The molecular formula is C14H14N2O3. The Morgan fingerprint density at radius 3 is 2.53 bits per heavy atom. The second kappa shape index (κ2) is 4.97. The van der Waals surface area contributed by atoms with E-state index in [1.165, 1.54) is 12.1 Å². The highest BCUT2D eigenvalue weighted by Crippen LogP contribution is 2.23. The van der Waals surface area contributed by atoms with Crippen LogP contribution in [0.4, 0.5) is 5.82 Å². The average Bonchev–Trinajstić information content (AvgIpc) is 2.26. The number of aromatic nitrogens is 1. The van der Waals surface area contributed by atoms with Gasteiger partial charge in [-0.05, 0) is 43.7 Å². The van der Waals surface area contributed by atoms with E-state index in [-0.39, 0.29) is 17.1 Å². The number of carbonyl (C=O) groups is 1. The van der Waals surface area contributed by atoms with Crippen LogP contribution in [-0.4, -0.2) is 21.1 Å². The van der Waals surface area contributed by atoms with Gasteiger partial charge in [-0.15, -0.1) is 0 Å². The van der Waals surface area contributed by atoms with E-state index in [9.17, 15) is 15.0 Å². The lowest BCUT2D eigenvalue weighted by atomic mass is 10.1. The lowest BCUT2D eigenvalue weighted by molar-refractivity contribution is 0.102. The molecule has 0 unspecified atom stereocenters. The lowest BCUT2D eigenvalue weighted by Crippen LogP contribution is -2.13. The molecule has 2 rings (SSSR count). The Labute approximate surface area is 110 Å². The second-order valence-electron chi connectivity index (χ2n) is 4.33. The van der Waals surface area contributed by atoms with Crippen molar-refractivity contribution in [3.8, 4) is 11.5 Å². The maximum absolute atomic E-state index is 12.0. The molecule has 0 atom stereocenters. The summed E-state index contributed by atoms with van der Waals surface area (Å²) in [5.41, 5.74) is 1.86. The highest BCUT2D eigenvalue weighted by atomic mass is 16.3. The third kappa shape index (κ3) is 3.01.